The van der Waals surface area contributed by atoms with Crippen molar-refractivity contribution in [2.24, 2.45) is 0 Å². The van der Waals surface area contributed by atoms with Crippen molar-refractivity contribution in [3.05, 3.63) is 22.4 Å². The largest absolute Gasteiger partial charge is 0.478 e. The molecule has 1 amide bonds. The summed E-state index contributed by atoms with van der Waals surface area (Å²) < 4.78 is 19.0. The van der Waals surface area contributed by atoms with Crippen molar-refractivity contribution in [1.82, 2.24) is 5.32 Å². The molecule has 6 heteroatoms. The Morgan fingerprint density at radius 1 is 1.55 bits per heavy atom. The van der Waals surface area contributed by atoms with Crippen molar-refractivity contribution in [2.45, 2.75) is 45.8 Å². The van der Waals surface area contributed by atoms with E-state index < -0.39 is 11.9 Å². The van der Waals surface area contributed by atoms with Gasteiger partial charge in [-0.15, -0.1) is 0 Å². The second-order valence-electron chi connectivity index (χ2n) is 5.29. The summed E-state index contributed by atoms with van der Waals surface area (Å²) >= 11 is 3.17. The van der Waals surface area contributed by atoms with Gasteiger partial charge in [-0.25, -0.2) is 4.39 Å². The first kappa shape index (κ1) is 16.8. The van der Waals surface area contributed by atoms with E-state index in [2.05, 4.69) is 21.2 Å². The quantitative estimate of drug-likeness (QED) is 0.804. The number of halogens is 2. The zero-order valence-electron chi connectivity index (χ0n) is 12.1. The maximum absolute atomic E-state index is 13.1. The molecule has 0 saturated heterocycles. The van der Waals surface area contributed by atoms with Crippen molar-refractivity contribution in [3.63, 3.8) is 0 Å². The van der Waals surface area contributed by atoms with E-state index in [1.807, 2.05) is 20.8 Å². The van der Waals surface area contributed by atoms with E-state index in [-0.39, 0.29) is 22.9 Å². The summed E-state index contributed by atoms with van der Waals surface area (Å²) in [5.41, 5.74) is 5.54. The second-order valence-corrected chi connectivity index (χ2v) is 6.15. The fourth-order valence-corrected chi connectivity index (χ4v) is 2.00. The molecule has 0 aliphatic carbocycles. The third-order valence-corrected chi connectivity index (χ3v) is 3.64. The average Bonchev–Trinajstić information content (AvgIpc) is 2.32. The van der Waals surface area contributed by atoms with Crippen molar-refractivity contribution >= 4 is 27.5 Å². The van der Waals surface area contributed by atoms with Gasteiger partial charge in [-0.1, -0.05) is 6.92 Å². The molecule has 0 aliphatic heterocycles. The van der Waals surface area contributed by atoms with E-state index in [1.54, 1.807) is 6.92 Å². The molecule has 1 atom stereocenters. The average molecular weight is 347 g/mol. The zero-order chi connectivity index (χ0) is 15.5. The monoisotopic (exact) mass is 346 g/mol. The number of ether oxygens (including phenoxy) is 1. The number of carbonyl (C=O) groups is 1. The van der Waals surface area contributed by atoms with Crippen LogP contribution in [-0.4, -0.2) is 17.6 Å². The van der Waals surface area contributed by atoms with Crippen molar-refractivity contribution in [2.75, 3.05) is 5.73 Å². The van der Waals surface area contributed by atoms with Gasteiger partial charge in [0.1, 0.15) is 5.82 Å². The molecule has 0 spiro atoms. The number of hydrogen-bond donors (Lipinski definition) is 2. The Labute approximate surface area is 127 Å². The predicted molar refractivity (Wildman–Crippen MR) is 81.1 cm³/mol. The SMILES string of the molecule is CCC(C)(C)NC(=O)C(C)Oc1c(N)cc(F)cc1Br. The number of benzene rings is 1. The summed E-state index contributed by atoms with van der Waals surface area (Å²) in [6.07, 6.45) is 0.0679. The van der Waals surface area contributed by atoms with Crippen molar-refractivity contribution in [1.29, 1.82) is 0 Å². The normalized spacial score (nSPS) is 12.9. The minimum Gasteiger partial charge on any atom is -0.478 e. The first-order chi connectivity index (χ1) is 9.16. The number of anilines is 1. The number of hydrogen-bond acceptors (Lipinski definition) is 3. The number of carbonyl (C=O) groups excluding carboxylic acids is 1. The highest BCUT2D eigenvalue weighted by atomic mass is 79.9. The first-order valence-corrected chi connectivity index (χ1v) is 7.18. The summed E-state index contributed by atoms with van der Waals surface area (Å²) in [7, 11) is 0. The van der Waals surface area contributed by atoms with Gasteiger partial charge in [0.2, 0.25) is 0 Å². The third kappa shape index (κ3) is 4.37. The van der Waals surface area contributed by atoms with Gasteiger partial charge in [-0.05, 0) is 49.2 Å². The second kappa shape index (κ2) is 6.43. The van der Waals surface area contributed by atoms with Crippen LogP contribution in [0.25, 0.3) is 0 Å². The van der Waals surface area contributed by atoms with Crippen molar-refractivity contribution in [3.8, 4) is 5.75 Å². The van der Waals surface area contributed by atoms with Crippen LogP contribution in [0.15, 0.2) is 16.6 Å². The Kier molecular flexibility index (Phi) is 5.39. The molecule has 4 nitrogen and oxygen atoms in total. The molecule has 112 valence electrons. The zero-order valence-corrected chi connectivity index (χ0v) is 13.7. The fourth-order valence-electron chi connectivity index (χ4n) is 1.46. The molecule has 0 radical (unpaired) electrons. The van der Waals surface area contributed by atoms with Crippen LogP contribution in [0.1, 0.15) is 34.1 Å². The molecular weight excluding hydrogens is 327 g/mol. The highest BCUT2D eigenvalue weighted by Crippen LogP contribution is 2.33. The molecule has 0 saturated carbocycles. The van der Waals surface area contributed by atoms with Crippen LogP contribution in [0.2, 0.25) is 0 Å². The third-order valence-electron chi connectivity index (χ3n) is 3.05. The lowest BCUT2D eigenvalue weighted by molar-refractivity contribution is -0.128. The smallest absolute Gasteiger partial charge is 0.261 e. The first-order valence-electron chi connectivity index (χ1n) is 6.39. The lowest BCUT2D eigenvalue weighted by atomic mass is 10.0. The van der Waals surface area contributed by atoms with Crippen LogP contribution in [0.5, 0.6) is 5.75 Å². The molecule has 0 aliphatic rings. The van der Waals surface area contributed by atoms with Gasteiger partial charge >= 0.3 is 0 Å². The molecule has 0 aromatic heterocycles. The summed E-state index contributed by atoms with van der Waals surface area (Å²) in [5.74, 6) is -0.443. The number of rotatable bonds is 5. The Balaban J connectivity index is 2.81. The number of nitrogen functional groups attached to an aromatic ring is 1. The summed E-state index contributed by atoms with van der Waals surface area (Å²) in [4.78, 5) is 12.0. The molecule has 1 rings (SSSR count). The van der Waals surface area contributed by atoms with E-state index in [1.165, 1.54) is 6.07 Å². The maximum Gasteiger partial charge on any atom is 0.261 e. The highest BCUT2D eigenvalue weighted by Gasteiger charge is 2.24. The minimum absolute atomic E-state index is 0.145. The Morgan fingerprint density at radius 2 is 2.15 bits per heavy atom. The topological polar surface area (TPSA) is 64.3 Å². The van der Waals surface area contributed by atoms with E-state index >= 15 is 0 Å². The molecule has 1 aromatic rings. The molecular formula is C14H20BrFN2O2. The van der Waals surface area contributed by atoms with Gasteiger partial charge in [0.25, 0.3) is 5.91 Å². The summed E-state index contributed by atoms with van der Waals surface area (Å²) in [5, 5.41) is 2.88. The lowest BCUT2D eigenvalue weighted by Crippen LogP contribution is -2.48. The highest BCUT2D eigenvalue weighted by molar-refractivity contribution is 9.10. The summed E-state index contributed by atoms with van der Waals surface area (Å²) in [6.45, 7) is 7.47. The standard InChI is InChI=1S/C14H20BrFN2O2/c1-5-14(3,4)18-13(19)8(2)20-12-10(15)6-9(16)7-11(12)17/h6-8H,5,17H2,1-4H3,(H,18,19). The van der Waals surface area contributed by atoms with Crippen LogP contribution in [0, 0.1) is 5.82 Å². The molecule has 0 bridgehead atoms. The molecule has 1 unspecified atom stereocenters. The van der Waals surface area contributed by atoms with Gasteiger partial charge in [-0.2, -0.15) is 0 Å². The van der Waals surface area contributed by atoms with Gasteiger partial charge in [0, 0.05) is 11.6 Å². The predicted octanol–water partition coefficient (Wildman–Crippen LogP) is 3.24. The number of nitrogens with one attached hydrogen (secondary N) is 1. The van der Waals surface area contributed by atoms with E-state index in [4.69, 9.17) is 10.5 Å². The van der Waals surface area contributed by atoms with E-state index in [0.29, 0.717) is 4.47 Å². The molecule has 3 N–H and O–H groups in total. The minimum atomic E-state index is -0.732. The molecule has 1 aromatic carbocycles. The van der Waals surface area contributed by atoms with Gasteiger partial charge in [-0.3, -0.25) is 4.79 Å². The Hall–Kier alpha value is -1.30. The Bertz CT molecular complexity index is 483. The van der Waals surface area contributed by atoms with Crippen LogP contribution in [0.4, 0.5) is 10.1 Å². The van der Waals surface area contributed by atoms with Crippen LogP contribution in [-0.2, 0) is 4.79 Å². The lowest BCUT2D eigenvalue weighted by Gasteiger charge is -2.27. The van der Waals surface area contributed by atoms with Gasteiger partial charge in [0.15, 0.2) is 11.9 Å². The van der Waals surface area contributed by atoms with Crippen LogP contribution >= 0.6 is 15.9 Å². The Morgan fingerprint density at radius 3 is 2.65 bits per heavy atom. The molecule has 20 heavy (non-hydrogen) atoms. The molecule has 0 fully saturated rings. The molecule has 0 heterocycles. The number of nitrogens with two attached hydrogens (primary N) is 1. The fraction of sp³-hybridized carbons (Fsp3) is 0.500. The van der Waals surface area contributed by atoms with E-state index in [9.17, 15) is 9.18 Å². The van der Waals surface area contributed by atoms with Crippen molar-refractivity contribution < 1.29 is 13.9 Å². The van der Waals surface area contributed by atoms with Gasteiger partial charge in [0.05, 0.1) is 10.2 Å². The van der Waals surface area contributed by atoms with Crippen LogP contribution < -0.4 is 15.8 Å². The summed E-state index contributed by atoms with van der Waals surface area (Å²) in [6, 6.07) is 2.40. The van der Waals surface area contributed by atoms with Crippen LogP contribution in [0.3, 0.4) is 0 Å². The maximum atomic E-state index is 13.1. The van der Waals surface area contributed by atoms with E-state index in [0.717, 1.165) is 12.5 Å². The van der Waals surface area contributed by atoms with Gasteiger partial charge < -0.3 is 15.8 Å². The number of amides is 1.